The van der Waals surface area contributed by atoms with Crippen LogP contribution in [0.3, 0.4) is 0 Å². The molecule has 1 aliphatic rings. The summed E-state index contributed by atoms with van der Waals surface area (Å²) in [5.74, 6) is 1.01. The molecule has 1 saturated carbocycles. The van der Waals surface area contributed by atoms with Crippen molar-refractivity contribution in [1.82, 2.24) is 19.7 Å². The van der Waals surface area contributed by atoms with E-state index in [1.807, 2.05) is 19.1 Å². The summed E-state index contributed by atoms with van der Waals surface area (Å²) in [5, 5.41) is 1.41. The van der Waals surface area contributed by atoms with Gasteiger partial charge in [0.25, 0.3) is 10.2 Å². The maximum Gasteiger partial charge on any atom is 0.300 e. The van der Waals surface area contributed by atoms with Crippen LogP contribution in [0, 0.1) is 12.8 Å². The molecule has 0 radical (unpaired) electrons. The van der Waals surface area contributed by atoms with Gasteiger partial charge in [0, 0.05) is 36.1 Å². The van der Waals surface area contributed by atoms with Crippen LogP contribution in [0.2, 0.25) is 0 Å². The fourth-order valence-corrected chi connectivity index (χ4v) is 3.74. The van der Waals surface area contributed by atoms with Crippen LogP contribution in [0.1, 0.15) is 18.4 Å². The number of fused-ring (bicyclic) bond motifs is 1. The molecule has 9 heteroatoms. The normalized spacial score (nSPS) is 14.4. The Morgan fingerprint density at radius 2 is 2.07 bits per heavy atom. The van der Waals surface area contributed by atoms with Crippen LogP contribution < -0.4 is 15.2 Å². The molecule has 3 heterocycles. The molecule has 140 valence electrons. The van der Waals surface area contributed by atoms with E-state index in [9.17, 15) is 8.42 Å². The van der Waals surface area contributed by atoms with Crippen molar-refractivity contribution in [2.45, 2.75) is 19.8 Å². The topological polar surface area (TPSA) is 123 Å². The SMILES string of the molecule is Cc1ccncc1-c1cc2cc(NS(=O)(=O)NCC3CC3)ncc2c(N)n1. The number of nitrogens with one attached hydrogen (secondary N) is 2. The first-order chi connectivity index (χ1) is 12.9. The quantitative estimate of drug-likeness (QED) is 0.599. The second-order valence-corrected chi connectivity index (χ2v) is 8.27. The van der Waals surface area contributed by atoms with Crippen molar-refractivity contribution in [2.24, 2.45) is 5.92 Å². The molecule has 3 aromatic rings. The zero-order valence-corrected chi connectivity index (χ0v) is 15.6. The lowest BCUT2D eigenvalue weighted by Gasteiger charge is -2.11. The van der Waals surface area contributed by atoms with Gasteiger partial charge in [0.1, 0.15) is 11.6 Å². The molecule has 0 aliphatic heterocycles. The minimum absolute atomic E-state index is 0.227. The van der Waals surface area contributed by atoms with Gasteiger partial charge in [-0.05, 0) is 54.8 Å². The summed E-state index contributed by atoms with van der Waals surface area (Å²) in [6.45, 7) is 2.42. The first kappa shape index (κ1) is 17.6. The minimum atomic E-state index is -3.66. The third-order valence-corrected chi connectivity index (χ3v) is 5.58. The zero-order chi connectivity index (χ0) is 19.0. The predicted octanol–water partition coefficient (Wildman–Crippen LogP) is 2.24. The number of anilines is 2. The van der Waals surface area contributed by atoms with Gasteiger partial charge in [-0.2, -0.15) is 13.1 Å². The number of aryl methyl sites for hydroxylation is 1. The summed E-state index contributed by atoms with van der Waals surface area (Å²) in [5.41, 5.74) is 8.66. The molecule has 0 unspecified atom stereocenters. The lowest BCUT2D eigenvalue weighted by Crippen LogP contribution is -2.31. The van der Waals surface area contributed by atoms with Gasteiger partial charge in [0.2, 0.25) is 0 Å². The van der Waals surface area contributed by atoms with Gasteiger partial charge in [0.15, 0.2) is 0 Å². The molecule has 0 spiro atoms. The highest BCUT2D eigenvalue weighted by atomic mass is 32.2. The standard InChI is InChI=1S/C18H20N6O2S/c1-11-4-5-20-9-14(11)16-6-13-7-17(21-10-15(13)18(19)23-16)24-27(25,26)22-8-12-2-3-12/h4-7,9-10,12,22H,2-3,8H2,1H3,(H2,19,23)(H,21,24). The highest BCUT2D eigenvalue weighted by Crippen LogP contribution is 2.29. The summed E-state index contributed by atoms with van der Waals surface area (Å²) in [4.78, 5) is 12.7. The molecule has 1 fully saturated rings. The maximum absolute atomic E-state index is 12.2. The van der Waals surface area contributed by atoms with E-state index < -0.39 is 10.2 Å². The average molecular weight is 384 g/mol. The minimum Gasteiger partial charge on any atom is -0.383 e. The molecule has 0 amide bonds. The largest absolute Gasteiger partial charge is 0.383 e. The molecular formula is C18H20N6O2S. The van der Waals surface area contributed by atoms with Gasteiger partial charge in [-0.1, -0.05) is 0 Å². The third-order valence-electron chi connectivity index (χ3n) is 4.56. The number of nitrogens with zero attached hydrogens (tertiary/aromatic N) is 3. The fourth-order valence-electron chi connectivity index (χ4n) is 2.82. The first-order valence-corrected chi connectivity index (χ1v) is 10.1. The molecule has 0 aromatic carbocycles. The van der Waals surface area contributed by atoms with E-state index in [-0.39, 0.29) is 5.82 Å². The summed E-state index contributed by atoms with van der Waals surface area (Å²) in [6, 6.07) is 5.40. The highest BCUT2D eigenvalue weighted by Gasteiger charge is 2.23. The number of rotatable bonds is 6. The molecule has 0 bridgehead atoms. The Kier molecular flexibility index (Phi) is 4.40. The molecule has 8 nitrogen and oxygen atoms in total. The summed E-state index contributed by atoms with van der Waals surface area (Å²) < 4.78 is 29.3. The first-order valence-electron chi connectivity index (χ1n) is 8.66. The number of nitrogens with two attached hydrogens (primary N) is 1. The van der Waals surface area contributed by atoms with Crippen molar-refractivity contribution >= 4 is 32.6 Å². The van der Waals surface area contributed by atoms with Gasteiger partial charge >= 0.3 is 0 Å². The predicted molar refractivity (Wildman–Crippen MR) is 105 cm³/mol. The highest BCUT2D eigenvalue weighted by molar-refractivity contribution is 7.90. The van der Waals surface area contributed by atoms with Gasteiger partial charge in [-0.3, -0.25) is 9.71 Å². The second kappa shape index (κ2) is 6.75. The Balaban J connectivity index is 1.67. The van der Waals surface area contributed by atoms with Crippen molar-refractivity contribution in [1.29, 1.82) is 0 Å². The van der Waals surface area contributed by atoms with Gasteiger partial charge in [0.05, 0.1) is 5.69 Å². The van der Waals surface area contributed by atoms with Gasteiger partial charge < -0.3 is 5.73 Å². The lowest BCUT2D eigenvalue weighted by molar-refractivity contribution is 0.583. The molecule has 1 aliphatic carbocycles. The van der Waals surface area contributed by atoms with Crippen LogP contribution >= 0.6 is 0 Å². The number of nitrogen functional groups attached to an aromatic ring is 1. The molecule has 27 heavy (non-hydrogen) atoms. The third kappa shape index (κ3) is 3.99. The second-order valence-electron chi connectivity index (χ2n) is 6.77. The summed E-state index contributed by atoms with van der Waals surface area (Å²) in [6.07, 6.45) is 7.11. The molecule has 3 aromatic heterocycles. The van der Waals surface area contributed by atoms with E-state index >= 15 is 0 Å². The number of hydrogen-bond acceptors (Lipinski definition) is 6. The monoisotopic (exact) mass is 384 g/mol. The van der Waals surface area contributed by atoms with Gasteiger partial charge in [-0.25, -0.2) is 9.97 Å². The maximum atomic E-state index is 12.2. The molecule has 0 saturated heterocycles. The molecule has 0 atom stereocenters. The van der Waals surface area contributed by atoms with E-state index in [4.69, 9.17) is 5.73 Å². The van der Waals surface area contributed by atoms with Crippen molar-refractivity contribution in [3.8, 4) is 11.3 Å². The van der Waals surface area contributed by atoms with E-state index in [2.05, 4.69) is 24.4 Å². The Bertz CT molecular complexity index is 1110. The van der Waals surface area contributed by atoms with Crippen LogP contribution in [0.15, 0.2) is 36.8 Å². The summed E-state index contributed by atoms with van der Waals surface area (Å²) in [7, 11) is -3.66. The average Bonchev–Trinajstić information content (AvgIpc) is 3.44. The molecule has 4 N–H and O–H groups in total. The Labute approximate surface area is 157 Å². The van der Waals surface area contributed by atoms with Crippen molar-refractivity contribution < 1.29 is 8.42 Å². The molecule has 4 rings (SSSR count). The van der Waals surface area contributed by atoms with E-state index in [1.165, 1.54) is 6.20 Å². The van der Waals surface area contributed by atoms with E-state index in [1.54, 1.807) is 18.5 Å². The molecular weight excluding hydrogens is 364 g/mol. The van der Waals surface area contributed by atoms with Crippen LogP contribution in [0.5, 0.6) is 0 Å². The summed E-state index contributed by atoms with van der Waals surface area (Å²) >= 11 is 0. The fraction of sp³-hybridized carbons (Fsp3) is 0.278. The van der Waals surface area contributed by atoms with Crippen LogP contribution in [-0.2, 0) is 10.2 Å². The van der Waals surface area contributed by atoms with Crippen molar-refractivity contribution in [3.63, 3.8) is 0 Å². The number of aromatic nitrogens is 3. The number of pyridine rings is 3. The van der Waals surface area contributed by atoms with Crippen LogP contribution in [0.25, 0.3) is 22.0 Å². The Hall–Kier alpha value is -2.78. The van der Waals surface area contributed by atoms with Gasteiger partial charge in [-0.15, -0.1) is 0 Å². The smallest absolute Gasteiger partial charge is 0.300 e. The number of hydrogen-bond donors (Lipinski definition) is 3. The lowest BCUT2D eigenvalue weighted by atomic mass is 10.1. The van der Waals surface area contributed by atoms with E-state index in [0.29, 0.717) is 29.4 Å². The van der Waals surface area contributed by atoms with Crippen LogP contribution in [0.4, 0.5) is 11.6 Å². The zero-order valence-electron chi connectivity index (χ0n) is 14.8. The van der Waals surface area contributed by atoms with Crippen molar-refractivity contribution in [3.05, 3.63) is 42.4 Å². The van der Waals surface area contributed by atoms with E-state index in [0.717, 1.165) is 29.4 Å². The Morgan fingerprint density at radius 1 is 1.26 bits per heavy atom. The Morgan fingerprint density at radius 3 is 2.81 bits per heavy atom. The van der Waals surface area contributed by atoms with Crippen molar-refractivity contribution in [2.75, 3.05) is 17.0 Å². The van der Waals surface area contributed by atoms with Crippen LogP contribution in [-0.4, -0.2) is 29.9 Å².